The van der Waals surface area contributed by atoms with Gasteiger partial charge in [-0.1, -0.05) is 62.2 Å². The first-order chi connectivity index (χ1) is 38.4. The molecule has 9 rings (SSSR count). The summed E-state index contributed by atoms with van der Waals surface area (Å²) in [4.78, 5) is 105. The van der Waals surface area contributed by atoms with Crippen LogP contribution in [0.2, 0.25) is 0 Å². The van der Waals surface area contributed by atoms with Gasteiger partial charge in [0.1, 0.15) is 19.9 Å². The van der Waals surface area contributed by atoms with Crippen LogP contribution >= 0.6 is 0 Å². The van der Waals surface area contributed by atoms with E-state index in [1.165, 1.54) is 31.9 Å². The average molecular weight is 1090 g/mol. The minimum atomic E-state index is -0.928. The maximum absolute atomic E-state index is 14.3. The SMILES string of the molecule is B[C@]12C=Nc3cc(OCCCOc4cc5c(cc4OC)C(=O)N4C=C(c6ccc(C)cc6)CC4C=N5)c(OC)cc3C(=O)N1C=C(c1ccc(NC(=O)C(C)NC(=O)C(NC(=O)CCCCCN3C(=O)C=CC3=O)C(C)C)cc1)C2. The number of aryl methyl sites for hydroxylation is 1. The quantitative estimate of drug-likeness (QED) is 0.0420. The Morgan fingerprint density at radius 1 is 0.713 bits per heavy atom. The Morgan fingerprint density at radius 2 is 1.32 bits per heavy atom. The van der Waals surface area contributed by atoms with E-state index in [-0.39, 0.29) is 67.7 Å². The fourth-order valence-corrected chi connectivity index (χ4v) is 10.1. The second-order valence-corrected chi connectivity index (χ2v) is 21.1. The number of carbonyl (C=O) groups is 7. The summed E-state index contributed by atoms with van der Waals surface area (Å²) < 4.78 is 23.8. The smallest absolute Gasteiger partial charge is 0.260 e. The monoisotopic (exact) mass is 1080 g/mol. The molecule has 5 heterocycles. The van der Waals surface area contributed by atoms with E-state index >= 15 is 0 Å². The van der Waals surface area contributed by atoms with Crippen molar-refractivity contribution in [3.05, 3.63) is 125 Å². The van der Waals surface area contributed by atoms with Crippen LogP contribution in [0.25, 0.3) is 11.1 Å². The van der Waals surface area contributed by atoms with E-state index in [2.05, 4.69) is 40.2 Å². The number of unbranched alkanes of at least 4 members (excludes halogenated alkanes) is 2. The Labute approximate surface area is 465 Å². The molecule has 7 amide bonds. The van der Waals surface area contributed by atoms with Gasteiger partial charge in [-0.3, -0.25) is 48.4 Å². The van der Waals surface area contributed by atoms with Crippen LogP contribution in [0.1, 0.15) is 103 Å². The molecule has 0 saturated carbocycles. The van der Waals surface area contributed by atoms with Crippen LogP contribution in [0.4, 0.5) is 17.1 Å². The van der Waals surface area contributed by atoms with Gasteiger partial charge in [0.05, 0.1) is 61.4 Å². The molecule has 0 aromatic heterocycles. The summed E-state index contributed by atoms with van der Waals surface area (Å²) in [6.45, 7) is 8.00. The third kappa shape index (κ3) is 12.2. The first-order valence-electron chi connectivity index (χ1n) is 26.9. The molecule has 20 heteroatoms. The molecule has 4 aromatic rings. The van der Waals surface area contributed by atoms with Crippen molar-refractivity contribution in [2.45, 2.75) is 96.2 Å². The summed E-state index contributed by atoms with van der Waals surface area (Å²) in [6.07, 6.45) is 13.2. The topological polar surface area (TPSA) is 227 Å². The summed E-state index contributed by atoms with van der Waals surface area (Å²) in [5.41, 5.74) is 6.44. The lowest BCUT2D eigenvalue weighted by atomic mass is 9.74. The Bertz CT molecular complexity index is 3260. The molecule has 3 unspecified atom stereocenters. The molecule has 4 atom stereocenters. The molecule has 0 bridgehead atoms. The number of hydrogen-bond acceptors (Lipinski definition) is 13. The van der Waals surface area contributed by atoms with Crippen LogP contribution in [0.5, 0.6) is 23.0 Å². The number of amides is 7. The van der Waals surface area contributed by atoms with E-state index < -0.39 is 29.3 Å². The fourth-order valence-electron chi connectivity index (χ4n) is 10.1. The van der Waals surface area contributed by atoms with Crippen LogP contribution in [-0.4, -0.2) is 134 Å². The number of rotatable bonds is 22. The average Bonchev–Trinajstić information content (AvgIpc) is 4.16. The molecule has 5 aliphatic rings. The molecular weight excluding hydrogens is 1020 g/mol. The molecule has 0 spiro atoms. The first kappa shape index (κ1) is 55.9. The lowest BCUT2D eigenvalue weighted by Gasteiger charge is -2.30. The summed E-state index contributed by atoms with van der Waals surface area (Å²) in [6, 6.07) is 20.2. The zero-order chi connectivity index (χ0) is 56.8. The Kier molecular flexibility index (Phi) is 16.8. The van der Waals surface area contributed by atoms with Gasteiger partial charge in [-0.25, -0.2) is 0 Å². The third-order valence-corrected chi connectivity index (χ3v) is 14.8. The Hall–Kier alpha value is -8.81. The van der Waals surface area contributed by atoms with Crippen LogP contribution in [0.15, 0.2) is 107 Å². The van der Waals surface area contributed by atoms with E-state index in [1.54, 1.807) is 73.2 Å². The highest BCUT2D eigenvalue weighted by Crippen LogP contribution is 2.44. The highest BCUT2D eigenvalue weighted by Gasteiger charge is 2.42. The minimum Gasteiger partial charge on any atom is -0.493 e. The van der Waals surface area contributed by atoms with Crippen LogP contribution in [0.3, 0.4) is 0 Å². The fraction of sp³-hybridized carbons (Fsp3) is 0.350. The molecule has 5 aliphatic heterocycles. The number of benzene rings is 4. The number of methoxy groups -OCH3 is 2. The lowest BCUT2D eigenvalue weighted by molar-refractivity contribution is -0.137. The zero-order valence-corrected chi connectivity index (χ0v) is 46.0. The van der Waals surface area contributed by atoms with E-state index in [9.17, 15) is 33.6 Å². The number of aliphatic imine (C=N–C) groups is 2. The van der Waals surface area contributed by atoms with Crippen molar-refractivity contribution in [3.63, 3.8) is 0 Å². The number of nitrogens with zero attached hydrogens (tertiary/aromatic N) is 5. The third-order valence-electron chi connectivity index (χ3n) is 14.8. The number of carbonyl (C=O) groups excluding carboxylic acids is 7. The van der Waals surface area contributed by atoms with Crippen molar-refractivity contribution in [3.8, 4) is 23.0 Å². The Balaban J connectivity index is 0.752. The standard InChI is InChI=1S/C60H65BN8O11/c1-35(2)55(66-52(70)11-8-7-9-22-67-53(71)20-21-54(67)72)57(74)64-37(4)56(73)65-42-18-16-39(17-19-42)41-30-60(61)34-63-47-29-51(49(78-6)27-45(47)59(76)69(60)33-41)80-24-10-23-79-50-28-46-44(26-48(50)77-5)58(75)68-32-40(25-43(68)31-62-46)38-14-12-36(3)13-15-38/h12-21,26-29,31-35,37,43,55H,7-11,22-25,30,61H2,1-6H3,(H,64,74)(H,65,73)(H,66,70)/t37?,43?,55?,60-/m0/s1. The highest BCUT2D eigenvalue weighted by atomic mass is 16.5. The largest absolute Gasteiger partial charge is 0.493 e. The zero-order valence-electron chi connectivity index (χ0n) is 46.0. The van der Waals surface area contributed by atoms with Gasteiger partial charge < -0.3 is 44.7 Å². The van der Waals surface area contributed by atoms with Gasteiger partial charge in [0, 0.05) is 80.6 Å². The normalized spacial score (nSPS) is 18.6. The van der Waals surface area contributed by atoms with Gasteiger partial charge in [0.25, 0.3) is 23.6 Å². The molecule has 0 radical (unpaired) electrons. The molecule has 0 aliphatic carbocycles. The van der Waals surface area contributed by atoms with E-state index in [1.807, 2.05) is 45.5 Å². The number of fused-ring (bicyclic) bond motifs is 4. The van der Waals surface area contributed by atoms with Crippen molar-refractivity contribution in [1.82, 2.24) is 25.3 Å². The van der Waals surface area contributed by atoms with Gasteiger partial charge in [-0.15, -0.1) is 0 Å². The lowest BCUT2D eigenvalue weighted by Crippen LogP contribution is -2.53. The van der Waals surface area contributed by atoms with E-state index in [4.69, 9.17) is 28.9 Å². The number of ether oxygens (including phenoxy) is 4. The predicted molar refractivity (Wildman–Crippen MR) is 305 cm³/mol. The van der Waals surface area contributed by atoms with Gasteiger partial charge in [0.2, 0.25) is 17.7 Å². The van der Waals surface area contributed by atoms with Crippen LogP contribution in [0, 0.1) is 12.8 Å². The first-order valence-corrected chi connectivity index (χ1v) is 26.9. The summed E-state index contributed by atoms with van der Waals surface area (Å²) >= 11 is 0. The van der Waals surface area contributed by atoms with Gasteiger partial charge in [-0.2, -0.15) is 0 Å². The van der Waals surface area contributed by atoms with Crippen LogP contribution in [-0.2, 0) is 24.0 Å². The molecule has 0 saturated heterocycles. The highest BCUT2D eigenvalue weighted by molar-refractivity contribution is 6.30. The van der Waals surface area contributed by atoms with Gasteiger partial charge in [0.15, 0.2) is 23.0 Å². The molecule has 80 heavy (non-hydrogen) atoms. The van der Waals surface area contributed by atoms with Gasteiger partial charge in [-0.05, 0) is 85.6 Å². The van der Waals surface area contributed by atoms with Crippen LogP contribution < -0.4 is 34.9 Å². The summed E-state index contributed by atoms with van der Waals surface area (Å²) in [5.74, 6) is -0.996. The second-order valence-electron chi connectivity index (χ2n) is 21.1. The Morgan fingerprint density at radius 3 is 1.96 bits per heavy atom. The summed E-state index contributed by atoms with van der Waals surface area (Å²) in [5, 5.41) is 8.35. The maximum Gasteiger partial charge on any atom is 0.260 e. The number of nitrogens with one attached hydrogen (secondary N) is 3. The number of hydrogen-bond donors (Lipinski definition) is 3. The second kappa shape index (κ2) is 24.1. The van der Waals surface area contributed by atoms with Crippen molar-refractivity contribution in [2.24, 2.45) is 15.9 Å². The summed E-state index contributed by atoms with van der Waals surface area (Å²) in [7, 11) is 4.98. The molecule has 19 nitrogen and oxygen atoms in total. The maximum atomic E-state index is 14.3. The van der Waals surface area contributed by atoms with Crippen molar-refractivity contribution in [1.29, 1.82) is 0 Å². The minimum absolute atomic E-state index is 0.162. The molecule has 4 aromatic carbocycles. The predicted octanol–water partition coefficient (Wildman–Crippen LogP) is 6.83. The molecular formula is C60H65BN8O11. The molecule has 3 N–H and O–H groups in total. The van der Waals surface area contributed by atoms with E-state index in [0.717, 1.165) is 27.2 Å². The van der Waals surface area contributed by atoms with Gasteiger partial charge >= 0.3 is 0 Å². The number of anilines is 1. The number of imide groups is 1. The van der Waals surface area contributed by atoms with Crippen molar-refractivity contribution in [2.75, 3.05) is 39.3 Å². The van der Waals surface area contributed by atoms with E-state index in [0.29, 0.717) is 89.7 Å². The molecule has 414 valence electrons. The molecule has 0 fully saturated rings. The van der Waals surface area contributed by atoms with Crippen molar-refractivity contribution < 1.29 is 52.5 Å². The van der Waals surface area contributed by atoms with Crippen molar-refractivity contribution >= 4 is 89.8 Å².